The minimum absolute atomic E-state index is 0.0981. The quantitative estimate of drug-likeness (QED) is 0.386. The zero-order chi connectivity index (χ0) is 18.4. The number of fused-ring (bicyclic) bond motifs is 7. The Bertz CT molecular complexity index is 806. The maximum atomic E-state index is 12.1. The number of ether oxygens (including phenoxy) is 1. The van der Waals surface area contributed by atoms with Crippen molar-refractivity contribution in [2.45, 2.75) is 70.3 Å². The van der Waals surface area contributed by atoms with Crippen molar-refractivity contribution in [1.29, 1.82) is 0 Å². The minimum Gasteiger partial charge on any atom is -0.450 e. The van der Waals surface area contributed by atoms with Gasteiger partial charge in [0, 0.05) is 16.9 Å². The average molecular weight is 367 g/mol. The molecule has 27 heavy (non-hydrogen) atoms. The molecule has 1 N–H and O–H groups in total. The van der Waals surface area contributed by atoms with Gasteiger partial charge in [0.25, 0.3) is 0 Å². The van der Waals surface area contributed by atoms with Gasteiger partial charge in [-0.1, -0.05) is 17.7 Å². The molecule has 4 saturated carbocycles. The Labute approximate surface area is 160 Å². The number of hydrogen-bond donors (Lipinski definition) is 1. The van der Waals surface area contributed by atoms with Crippen molar-refractivity contribution < 1.29 is 14.7 Å². The third kappa shape index (κ3) is 1.85. The SMILES string of the molecule is C[C@]12CCC3C4CC/C(=N\O)C=C4CCC3C1CC1(CC1)[C@@]21C=CC(=O)O1. The molecule has 4 fully saturated rings. The van der Waals surface area contributed by atoms with Crippen LogP contribution in [-0.4, -0.2) is 22.5 Å². The first-order valence-corrected chi connectivity index (χ1v) is 10.9. The zero-order valence-electron chi connectivity index (χ0n) is 16.1. The highest BCUT2D eigenvalue weighted by atomic mass is 16.6. The van der Waals surface area contributed by atoms with Gasteiger partial charge < -0.3 is 9.94 Å². The number of allylic oxidation sites excluding steroid dienone is 2. The summed E-state index contributed by atoms with van der Waals surface area (Å²) in [6.45, 7) is 2.44. The second-order valence-corrected chi connectivity index (χ2v) is 10.4. The van der Waals surface area contributed by atoms with Gasteiger partial charge in [0.1, 0.15) is 5.60 Å². The molecule has 6 rings (SSSR count). The highest BCUT2D eigenvalue weighted by Crippen LogP contribution is 2.78. The van der Waals surface area contributed by atoms with E-state index in [0.717, 1.165) is 36.8 Å². The molecule has 1 aliphatic heterocycles. The van der Waals surface area contributed by atoms with Gasteiger partial charge >= 0.3 is 5.97 Å². The van der Waals surface area contributed by atoms with Crippen LogP contribution in [0.5, 0.6) is 0 Å². The Morgan fingerprint density at radius 3 is 2.70 bits per heavy atom. The lowest BCUT2D eigenvalue weighted by molar-refractivity contribution is -0.168. The van der Waals surface area contributed by atoms with E-state index < -0.39 is 0 Å². The molecule has 4 heteroatoms. The van der Waals surface area contributed by atoms with Crippen LogP contribution in [-0.2, 0) is 9.53 Å². The van der Waals surface area contributed by atoms with Crippen LogP contribution in [0, 0.1) is 34.5 Å². The van der Waals surface area contributed by atoms with E-state index in [0.29, 0.717) is 11.8 Å². The molecule has 4 unspecified atom stereocenters. The van der Waals surface area contributed by atoms with Crippen molar-refractivity contribution in [3.63, 3.8) is 0 Å². The lowest BCUT2D eigenvalue weighted by Crippen LogP contribution is -2.54. The number of esters is 1. The van der Waals surface area contributed by atoms with Crippen molar-refractivity contribution in [2.75, 3.05) is 0 Å². The molecule has 4 nitrogen and oxygen atoms in total. The van der Waals surface area contributed by atoms with Gasteiger partial charge in [-0.2, -0.15) is 0 Å². The molecule has 6 aliphatic rings. The summed E-state index contributed by atoms with van der Waals surface area (Å²) in [5.74, 6) is 2.73. The average Bonchev–Trinajstić information content (AvgIpc) is 3.30. The van der Waals surface area contributed by atoms with E-state index in [1.165, 1.54) is 44.1 Å². The topological polar surface area (TPSA) is 58.9 Å². The molecule has 0 radical (unpaired) electrons. The smallest absolute Gasteiger partial charge is 0.331 e. The number of carbonyl (C=O) groups excluding carboxylic acids is 1. The normalized spacial score (nSPS) is 50.3. The molecule has 0 bridgehead atoms. The third-order valence-corrected chi connectivity index (χ3v) is 9.65. The second-order valence-electron chi connectivity index (χ2n) is 10.4. The Morgan fingerprint density at radius 2 is 2.00 bits per heavy atom. The van der Waals surface area contributed by atoms with E-state index >= 15 is 0 Å². The van der Waals surface area contributed by atoms with Gasteiger partial charge in [-0.05, 0) is 93.6 Å². The summed E-state index contributed by atoms with van der Waals surface area (Å²) in [5.41, 5.74) is 2.39. The van der Waals surface area contributed by atoms with Crippen LogP contribution in [0.3, 0.4) is 0 Å². The summed E-state index contributed by atoms with van der Waals surface area (Å²) in [7, 11) is 0. The number of hydrogen-bond acceptors (Lipinski definition) is 4. The molecule has 5 aliphatic carbocycles. The lowest BCUT2D eigenvalue weighted by atomic mass is 9.50. The Kier molecular flexibility index (Phi) is 3.07. The Hall–Kier alpha value is -1.58. The maximum absolute atomic E-state index is 12.1. The molecular weight excluding hydrogens is 338 g/mol. The fourth-order valence-electron chi connectivity index (χ4n) is 8.34. The zero-order valence-corrected chi connectivity index (χ0v) is 16.1. The van der Waals surface area contributed by atoms with Gasteiger partial charge in [0.15, 0.2) is 0 Å². The molecule has 0 aromatic carbocycles. The van der Waals surface area contributed by atoms with Gasteiger partial charge in [0.2, 0.25) is 0 Å². The third-order valence-electron chi connectivity index (χ3n) is 9.65. The van der Waals surface area contributed by atoms with E-state index in [4.69, 9.17) is 4.74 Å². The number of carbonyl (C=O) groups is 1. The molecule has 6 atom stereocenters. The van der Waals surface area contributed by atoms with Crippen LogP contribution >= 0.6 is 0 Å². The molecule has 0 aromatic heterocycles. The van der Waals surface area contributed by atoms with Crippen molar-refractivity contribution in [1.82, 2.24) is 0 Å². The highest BCUT2D eigenvalue weighted by molar-refractivity contribution is 5.96. The molecule has 1 heterocycles. The van der Waals surface area contributed by atoms with Crippen molar-refractivity contribution in [2.24, 2.45) is 39.7 Å². The predicted octanol–water partition coefficient (Wildman–Crippen LogP) is 4.63. The first-order chi connectivity index (χ1) is 13.0. The van der Waals surface area contributed by atoms with Crippen LogP contribution in [0.4, 0.5) is 0 Å². The fraction of sp³-hybridized carbons (Fsp3) is 0.739. The summed E-state index contributed by atoms with van der Waals surface area (Å²) in [4.78, 5) is 12.1. The first kappa shape index (κ1) is 16.4. The second kappa shape index (κ2) is 5.07. The van der Waals surface area contributed by atoms with Gasteiger partial charge in [0.05, 0.1) is 5.71 Å². The first-order valence-electron chi connectivity index (χ1n) is 10.9. The van der Waals surface area contributed by atoms with Crippen molar-refractivity contribution in [3.8, 4) is 0 Å². The molecule has 2 spiro atoms. The maximum Gasteiger partial charge on any atom is 0.331 e. The van der Waals surface area contributed by atoms with Gasteiger partial charge in [-0.3, -0.25) is 0 Å². The lowest BCUT2D eigenvalue weighted by Gasteiger charge is -2.55. The van der Waals surface area contributed by atoms with Gasteiger partial charge in [-0.25, -0.2) is 4.79 Å². The number of nitrogens with zero attached hydrogens (tertiary/aromatic N) is 1. The van der Waals surface area contributed by atoms with Crippen molar-refractivity contribution >= 4 is 11.7 Å². The van der Waals surface area contributed by atoms with Crippen LogP contribution in [0.25, 0.3) is 0 Å². The van der Waals surface area contributed by atoms with E-state index in [-0.39, 0.29) is 22.4 Å². The predicted molar refractivity (Wildman–Crippen MR) is 101 cm³/mol. The highest BCUT2D eigenvalue weighted by Gasteiger charge is 2.77. The molecule has 0 amide bonds. The molecular formula is C23H29NO3. The van der Waals surface area contributed by atoms with E-state index in [1.54, 1.807) is 6.08 Å². The van der Waals surface area contributed by atoms with Crippen LogP contribution in [0.2, 0.25) is 0 Å². The summed E-state index contributed by atoms with van der Waals surface area (Å²) < 4.78 is 6.17. The van der Waals surface area contributed by atoms with E-state index in [9.17, 15) is 10.0 Å². The van der Waals surface area contributed by atoms with E-state index in [2.05, 4.69) is 24.2 Å². The summed E-state index contributed by atoms with van der Waals surface area (Å²) in [6.07, 6.45) is 16.6. The monoisotopic (exact) mass is 367 g/mol. The fourth-order valence-corrected chi connectivity index (χ4v) is 8.34. The van der Waals surface area contributed by atoms with Crippen LogP contribution < -0.4 is 0 Å². The van der Waals surface area contributed by atoms with E-state index in [1.807, 2.05) is 0 Å². The molecule has 0 aromatic rings. The number of oxime groups is 1. The Balaban J connectivity index is 1.37. The molecule has 0 saturated heterocycles. The van der Waals surface area contributed by atoms with Gasteiger partial charge in [-0.15, -0.1) is 0 Å². The minimum atomic E-state index is -0.327. The summed E-state index contributed by atoms with van der Waals surface area (Å²) in [6, 6.07) is 0. The largest absolute Gasteiger partial charge is 0.450 e. The van der Waals surface area contributed by atoms with Crippen molar-refractivity contribution in [3.05, 3.63) is 23.8 Å². The summed E-state index contributed by atoms with van der Waals surface area (Å²) >= 11 is 0. The molecule has 144 valence electrons. The Morgan fingerprint density at radius 1 is 1.15 bits per heavy atom. The standard InChI is InChI=1S/C23H29NO3/c1-21-8-6-17-16-5-3-15(24-26)12-14(16)2-4-18(17)19(21)13-22(10-11-22)23(21)9-7-20(25)27-23/h7,9,12,16-19,26H,2-6,8,10-11,13H2,1H3/b24-15+/t16?,17?,18?,19?,21-,23+/m0/s1. The summed E-state index contributed by atoms with van der Waals surface area (Å²) in [5, 5.41) is 12.6. The van der Waals surface area contributed by atoms with Crippen LogP contribution in [0.15, 0.2) is 29.0 Å². The number of rotatable bonds is 0. The van der Waals surface area contributed by atoms with Crippen LogP contribution in [0.1, 0.15) is 64.7 Å².